The van der Waals surface area contributed by atoms with E-state index >= 15 is 0 Å². The molecule has 9 heteroatoms. The Balaban J connectivity index is 2.41. The number of H-pyrrole nitrogens is 1. The van der Waals surface area contributed by atoms with Gasteiger partial charge in [-0.05, 0) is 19.1 Å². The maximum absolute atomic E-state index is 12.6. The van der Waals surface area contributed by atoms with Gasteiger partial charge in [0.05, 0.1) is 21.3 Å². The van der Waals surface area contributed by atoms with Crippen LogP contribution in [0.25, 0.3) is 0 Å². The Morgan fingerprint density at radius 1 is 1.15 bits per heavy atom. The zero-order chi connectivity index (χ0) is 15.1. The largest absolute Gasteiger partial charge is 0.433 e. The molecular formula is C11H6Cl3F3N2O. The quantitative estimate of drug-likeness (QED) is 0.781. The smallest absolute Gasteiger partial charge is 0.416 e. The first kappa shape index (κ1) is 15.3. The van der Waals surface area contributed by atoms with E-state index in [1.54, 1.807) is 6.92 Å². The molecule has 1 aromatic carbocycles. The summed E-state index contributed by atoms with van der Waals surface area (Å²) >= 11 is 17.4. The molecule has 0 bridgehead atoms. The van der Waals surface area contributed by atoms with Crippen LogP contribution in [-0.4, -0.2) is 10.2 Å². The van der Waals surface area contributed by atoms with E-state index in [-0.39, 0.29) is 26.7 Å². The van der Waals surface area contributed by atoms with E-state index in [0.717, 1.165) is 12.1 Å². The zero-order valence-electron chi connectivity index (χ0n) is 9.78. The fraction of sp³-hybridized carbons (Fsp3) is 0.182. The number of alkyl halides is 3. The molecule has 20 heavy (non-hydrogen) atoms. The van der Waals surface area contributed by atoms with Crippen LogP contribution in [0.1, 0.15) is 11.3 Å². The number of aromatic nitrogens is 2. The van der Waals surface area contributed by atoms with Crippen LogP contribution in [0, 0.1) is 6.92 Å². The Bertz CT molecular complexity index is 632. The van der Waals surface area contributed by atoms with Crippen LogP contribution in [-0.2, 0) is 6.18 Å². The molecule has 0 amide bonds. The van der Waals surface area contributed by atoms with Gasteiger partial charge in [-0.15, -0.1) is 5.10 Å². The highest BCUT2D eigenvalue weighted by Gasteiger charge is 2.32. The van der Waals surface area contributed by atoms with E-state index < -0.39 is 11.7 Å². The van der Waals surface area contributed by atoms with Gasteiger partial charge in [-0.25, -0.2) is 0 Å². The van der Waals surface area contributed by atoms with Crippen molar-refractivity contribution in [2.24, 2.45) is 0 Å². The number of ether oxygens (including phenoxy) is 1. The Morgan fingerprint density at radius 3 is 2.10 bits per heavy atom. The van der Waals surface area contributed by atoms with Crippen LogP contribution >= 0.6 is 34.8 Å². The number of halogens is 6. The minimum Gasteiger partial charge on any atom is -0.433 e. The van der Waals surface area contributed by atoms with E-state index in [9.17, 15) is 13.2 Å². The van der Waals surface area contributed by atoms with E-state index in [4.69, 9.17) is 39.5 Å². The molecule has 0 fully saturated rings. The first-order valence-electron chi connectivity index (χ1n) is 5.14. The third-order valence-electron chi connectivity index (χ3n) is 2.37. The van der Waals surface area contributed by atoms with Gasteiger partial charge in [0.15, 0.2) is 5.75 Å². The molecule has 0 radical (unpaired) electrons. The molecule has 3 nitrogen and oxygen atoms in total. The van der Waals surface area contributed by atoms with Crippen molar-refractivity contribution >= 4 is 34.8 Å². The van der Waals surface area contributed by atoms with Crippen LogP contribution < -0.4 is 4.74 Å². The number of hydrogen-bond acceptors (Lipinski definition) is 2. The van der Waals surface area contributed by atoms with Gasteiger partial charge in [0.1, 0.15) is 5.02 Å². The second-order valence-electron chi connectivity index (χ2n) is 3.84. The molecule has 0 aliphatic rings. The molecule has 2 rings (SSSR count). The Labute approximate surface area is 126 Å². The summed E-state index contributed by atoms with van der Waals surface area (Å²) in [5, 5.41) is 5.92. The summed E-state index contributed by atoms with van der Waals surface area (Å²) in [6.45, 7) is 1.65. The average Bonchev–Trinajstić information content (AvgIpc) is 2.64. The molecule has 1 aromatic heterocycles. The van der Waals surface area contributed by atoms with Crippen molar-refractivity contribution in [1.82, 2.24) is 10.2 Å². The van der Waals surface area contributed by atoms with Crippen molar-refractivity contribution in [3.05, 3.63) is 38.5 Å². The Hall–Kier alpha value is -1.11. The number of aryl methyl sites for hydroxylation is 1. The highest BCUT2D eigenvalue weighted by atomic mass is 35.5. The second kappa shape index (κ2) is 5.35. The summed E-state index contributed by atoms with van der Waals surface area (Å²) in [7, 11) is 0. The maximum atomic E-state index is 12.6. The van der Waals surface area contributed by atoms with Gasteiger partial charge in [0, 0.05) is 0 Å². The fourth-order valence-corrected chi connectivity index (χ4v) is 2.07. The first-order chi connectivity index (χ1) is 9.20. The molecule has 0 spiro atoms. The van der Waals surface area contributed by atoms with Gasteiger partial charge < -0.3 is 4.74 Å². The van der Waals surface area contributed by atoms with Crippen molar-refractivity contribution in [3.63, 3.8) is 0 Å². The van der Waals surface area contributed by atoms with Gasteiger partial charge in [-0.2, -0.15) is 13.2 Å². The molecule has 0 saturated carbocycles. The van der Waals surface area contributed by atoms with Gasteiger partial charge in [0.25, 0.3) is 5.88 Å². The molecule has 0 aliphatic carbocycles. The molecule has 108 valence electrons. The summed E-state index contributed by atoms with van der Waals surface area (Å²) in [5.74, 6) is -0.164. The molecule has 1 heterocycles. The van der Waals surface area contributed by atoms with Crippen molar-refractivity contribution in [1.29, 1.82) is 0 Å². The van der Waals surface area contributed by atoms with E-state index in [1.165, 1.54) is 0 Å². The highest BCUT2D eigenvalue weighted by Crippen LogP contribution is 2.42. The Morgan fingerprint density at radius 2 is 1.70 bits per heavy atom. The van der Waals surface area contributed by atoms with Crippen molar-refractivity contribution in [2.75, 3.05) is 0 Å². The minimum absolute atomic E-state index is 0.0206. The van der Waals surface area contributed by atoms with Crippen molar-refractivity contribution in [2.45, 2.75) is 13.1 Å². The van der Waals surface area contributed by atoms with Crippen molar-refractivity contribution in [3.8, 4) is 11.6 Å². The lowest BCUT2D eigenvalue weighted by Gasteiger charge is -2.12. The zero-order valence-corrected chi connectivity index (χ0v) is 12.0. The number of rotatable bonds is 2. The lowest BCUT2D eigenvalue weighted by Crippen LogP contribution is -2.05. The molecule has 0 aliphatic heterocycles. The van der Waals surface area contributed by atoms with Crippen LogP contribution in [0.5, 0.6) is 11.6 Å². The molecule has 1 N–H and O–H groups in total. The van der Waals surface area contributed by atoms with Gasteiger partial charge in [-0.3, -0.25) is 5.10 Å². The van der Waals surface area contributed by atoms with E-state index in [2.05, 4.69) is 10.2 Å². The fourth-order valence-electron chi connectivity index (χ4n) is 1.38. The lowest BCUT2D eigenvalue weighted by atomic mass is 10.2. The SMILES string of the molecule is Cc1[nH]nc(Oc2c(Cl)cc(C(F)(F)F)cc2Cl)c1Cl. The van der Waals surface area contributed by atoms with E-state index in [1.807, 2.05) is 0 Å². The summed E-state index contributed by atoms with van der Waals surface area (Å²) in [5.41, 5.74) is -0.426. The Kier molecular flexibility index (Phi) is 4.09. The molecule has 0 atom stereocenters. The molecule has 0 saturated heterocycles. The average molecular weight is 346 g/mol. The van der Waals surface area contributed by atoms with Crippen LogP contribution in [0.15, 0.2) is 12.1 Å². The third kappa shape index (κ3) is 2.97. The summed E-state index contributed by atoms with van der Waals surface area (Å²) in [4.78, 5) is 0. The van der Waals surface area contributed by atoms with E-state index in [0.29, 0.717) is 5.69 Å². The first-order valence-corrected chi connectivity index (χ1v) is 6.28. The number of aromatic amines is 1. The predicted molar refractivity (Wildman–Crippen MR) is 69.9 cm³/mol. The van der Waals surface area contributed by atoms with Crippen LogP contribution in [0.4, 0.5) is 13.2 Å². The lowest BCUT2D eigenvalue weighted by molar-refractivity contribution is -0.137. The number of nitrogens with zero attached hydrogens (tertiary/aromatic N) is 1. The highest BCUT2D eigenvalue weighted by molar-refractivity contribution is 6.37. The minimum atomic E-state index is -4.55. The van der Waals surface area contributed by atoms with Gasteiger partial charge in [0.2, 0.25) is 0 Å². The topological polar surface area (TPSA) is 37.9 Å². The summed E-state index contributed by atoms with van der Waals surface area (Å²) < 4.78 is 43.0. The number of nitrogens with one attached hydrogen (secondary N) is 1. The van der Waals surface area contributed by atoms with Crippen molar-refractivity contribution < 1.29 is 17.9 Å². The summed E-state index contributed by atoms with van der Waals surface area (Å²) in [6.07, 6.45) is -4.55. The molecule has 2 aromatic rings. The monoisotopic (exact) mass is 344 g/mol. The number of benzene rings is 1. The number of hydrogen-bond donors (Lipinski definition) is 1. The van der Waals surface area contributed by atoms with Gasteiger partial charge in [-0.1, -0.05) is 34.8 Å². The molecular weight excluding hydrogens is 339 g/mol. The van der Waals surface area contributed by atoms with Crippen LogP contribution in [0.3, 0.4) is 0 Å². The third-order valence-corrected chi connectivity index (χ3v) is 3.37. The molecule has 0 unspecified atom stereocenters. The summed E-state index contributed by atoms with van der Waals surface area (Å²) in [6, 6.07) is 1.44. The normalized spacial score (nSPS) is 11.8. The predicted octanol–water partition coefficient (Wildman–Crippen LogP) is 5.49. The van der Waals surface area contributed by atoms with Crippen LogP contribution in [0.2, 0.25) is 15.1 Å². The second-order valence-corrected chi connectivity index (χ2v) is 5.03. The standard InChI is InChI=1S/C11H6Cl3F3N2O/c1-4-8(14)10(19-18-4)20-9-6(12)2-5(3-7(9)13)11(15,16)17/h2-3H,1H3,(H,18,19). The maximum Gasteiger partial charge on any atom is 0.416 e. The van der Waals surface area contributed by atoms with Gasteiger partial charge >= 0.3 is 6.18 Å².